The van der Waals surface area contributed by atoms with Gasteiger partial charge in [0.05, 0.1) is 11.0 Å². The summed E-state index contributed by atoms with van der Waals surface area (Å²) in [6, 6.07) is 0. The number of carbonyl (C=O) groups is 1. The van der Waals surface area contributed by atoms with Crippen LogP contribution < -0.4 is 0 Å². The molecular formula is C10H15ClO2. The first-order chi connectivity index (χ1) is 6.06. The van der Waals surface area contributed by atoms with Crippen LogP contribution in [0.1, 0.15) is 33.6 Å². The van der Waals surface area contributed by atoms with Gasteiger partial charge in [0.2, 0.25) is 0 Å². The van der Waals surface area contributed by atoms with Crippen LogP contribution in [-0.4, -0.2) is 12.1 Å². The first-order valence-electron chi connectivity index (χ1n) is 4.59. The van der Waals surface area contributed by atoms with E-state index in [9.17, 15) is 4.79 Å². The number of rotatable bonds is 2. The third-order valence-corrected chi connectivity index (χ3v) is 2.96. The Balaban J connectivity index is 2.69. The van der Waals surface area contributed by atoms with E-state index in [1.807, 2.05) is 20.8 Å². The lowest BCUT2D eigenvalue weighted by Gasteiger charge is -2.08. The zero-order chi connectivity index (χ0) is 10.0. The highest BCUT2D eigenvalue weighted by Gasteiger charge is 2.34. The van der Waals surface area contributed by atoms with Gasteiger partial charge >= 0.3 is 5.97 Å². The fourth-order valence-electron chi connectivity index (χ4n) is 1.45. The second kappa shape index (κ2) is 4.14. The van der Waals surface area contributed by atoms with E-state index in [0.717, 1.165) is 18.4 Å². The molecule has 0 spiro atoms. The Morgan fingerprint density at radius 1 is 1.62 bits per heavy atom. The van der Waals surface area contributed by atoms with Crippen molar-refractivity contribution >= 4 is 17.6 Å². The number of halogens is 1. The van der Waals surface area contributed by atoms with E-state index in [1.165, 1.54) is 0 Å². The molecule has 1 saturated heterocycles. The molecule has 0 N–H and O–H groups in total. The second-order valence-corrected chi connectivity index (χ2v) is 4.02. The predicted molar refractivity (Wildman–Crippen MR) is 52.5 cm³/mol. The van der Waals surface area contributed by atoms with E-state index in [2.05, 4.69) is 0 Å². The fraction of sp³-hybridized carbons (Fsp3) is 0.700. The van der Waals surface area contributed by atoms with Crippen molar-refractivity contribution in [3.05, 3.63) is 10.6 Å². The van der Waals surface area contributed by atoms with Gasteiger partial charge in [-0.15, -0.1) is 0 Å². The summed E-state index contributed by atoms with van der Waals surface area (Å²) in [5.74, 6) is -0.0648. The van der Waals surface area contributed by atoms with Gasteiger partial charge in [0.1, 0.15) is 6.10 Å². The van der Waals surface area contributed by atoms with Gasteiger partial charge in [-0.3, -0.25) is 4.79 Å². The largest absolute Gasteiger partial charge is 0.456 e. The van der Waals surface area contributed by atoms with Gasteiger partial charge < -0.3 is 4.74 Å². The molecule has 0 aromatic rings. The number of esters is 1. The van der Waals surface area contributed by atoms with Crippen molar-refractivity contribution < 1.29 is 9.53 Å². The Labute approximate surface area is 83.9 Å². The number of cyclic esters (lactones) is 1. The minimum absolute atomic E-state index is 0.0399. The molecule has 0 radical (unpaired) electrons. The molecule has 3 heteroatoms. The first kappa shape index (κ1) is 10.6. The molecule has 1 fully saturated rings. The summed E-state index contributed by atoms with van der Waals surface area (Å²) in [6.45, 7) is 5.84. The smallest absolute Gasteiger partial charge is 0.309 e. The molecule has 1 rings (SSSR count). The number of carbonyl (C=O) groups excluding carboxylic acids is 1. The van der Waals surface area contributed by atoms with Crippen molar-refractivity contribution in [2.75, 3.05) is 0 Å². The van der Waals surface area contributed by atoms with Crippen LogP contribution in [0.15, 0.2) is 10.6 Å². The summed E-state index contributed by atoms with van der Waals surface area (Å²) in [6.07, 6.45) is 1.38. The van der Waals surface area contributed by atoms with Gasteiger partial charge in [0, 0.05) is 6.42 Å². The van der Waals surface area contributed by atoms with Crippen LogP contribution in [0, 0.1) is 5.92 Å². The van der Waals surface area contributed by atoms with Crippen LogP contribution in [0.2, 0.25) is 0 Å². The quantitative estimate of drug-likeness (QED) is 0.644. The van der Waals surface area contributed by atoms with E-state index in [0.29, 0.717) is 5.03 Å². The molecule has 0 amide bonds. The monoisotopic (exact) mass is 202 g/mol. The highest BCUT2D eigenvalue weighted by Crippen LogP contribution is 2.31. The molecule has 0 saturated carbocycles. The topological polar surface area (TPSA) is 26.3 Å². The SMILES string of the molecule is CCC1CC(C(Cl)=C(C)C)OC1=O. The fourth-order valence-corrected chi connectivity index (χ4v) is 1.58. The van der Waals surface area contributed by atoms with E-state index >= 15 is 0 Å². The van der Waals surface area contributed by atoms with Gasteiger partial charge in [-0.05, 0) is 20.3 Å². The minimum atomic E-state index is -0.191. The highest BCUT2D eigenvalue weighted by atomic mass is 35.5. The molecule has 2 atom stereocenters. The molecule has 0 aromatic carbocycles. The third kappa shape index (κ3) is 2.25. The van der Waals surface area contributed by atoms with Crippen LogP contribution in [0.3, 0.4) is 0 Å². The standard InChI is InChI=1S/C10H15ClO2/c1-4-7-5-8(13-10(7)12)9(11)6(2)3/h7-8H,4-5H2,1-3H3. The lowest BCUT2D eigenvalue weighted by Crippen LogP contribution is -2.07. The Hall–Kier alpha value is -0.500. The number of ether oxygens (including phenoxy) is 1. The van der Waals surface area contributed by atoms with E-state index < -0.39 is 0 Å². The molecule has 74 valence electrons. The Bertz CT molecular complexity index is 241. The summed E-state index contributed by atoms with van der Waals surface area (Å²) in [7, 11) is 0. The average molecular weight is 203 g/mol. The minimum Gasteiger partial charge on any atom is -0.456 e. The van der Waals surface area contributed by atoms with Crippen LogP contribution in [-0.2, 0) is 9.53 Å². The molecule has 0 bridgehead atoms. The van der Waals surface area contributed by atoms with Crippen molar-refractivity contribution in [2.45, 2.75) is 39.7 Å². The van der Waals surface area contributed by atoms with Gasteiger partial charge in [-0.1, -0.05) is 24.1 Å². The predicted octanol–water partition coefficient (Wildman–Crippen LogP) is 2.86. The molecule has 2 nitrogen and oxygen atoms in total. The lowest BCUT2D eigenvalue weighted by molar-refractivity contribution is -0.143. The lowest BCUT2D eigenvalue weighted by atomic mass is 10.0. The molecule has 0 aliphatic carbocycles. The number of hydrogen-bond donors (Lipinski definition) is 0. The summed E-state index contributed by atoms with van der Waals surface area (Å²) in [5, 5.41) is 0.685. The molecule has 1 heterocycles. The molecule has 0 aromatic heterocycles. The Kier molecular flexibility index (Phi) is 3.37. The first-order valence-corrected chi connectivity index (χ1v) is 4.97. The van der Waals surface area contributed by atoms with E-state index in [4.69, 9.17) is 16.3 Å². The van der Waals surface area contributed by atoms with Crippen LogP contribution >= 0.6 is 11.6 Å². The van der Waals surface area contributed by atoms with Crippen molar-refractivity contribution in [1.29, 1.82) is 0 Å². The maximum Gasteiger partial charge on any atom is 0.309 e. The number of hydrogen-bond acceptors (Lipinski definition) is 2. The van der Waals surface area contributed by atoms with E-state index in [1.54, 1.807) is 0 Å². The van der Waals surface area contributed by atoms with Crippen molar-refractivity contribution in [3.8, 4) is 0 Å². The molecule has 2 unspecified atom stereocenters. The average Bonchev–Trinajstić information content (AvgIpc) is 2.45. The van der Waals surface area contributed by atoms with Gasteiger partial charge in [0.15, 0.2) is 0 Å². The second-order valence-electron chi connectivity index (χ2n) is 3.61. The van der Waals surface area contributed by atoms with Crippen molar-refractivity contribution in [1.82, 2.24) is 0 Å². The summed E-state index contributed by atoms with van der Waals surface area (Å²) >= 11 is 6.01. The van der Waals surface area contributed by atoms with Gasteiger partial charge in [0.25, 0.3) is 0 Å². The molecular weight excluding hydrogens is 188 g/mol. The van der Waals surface area contributed by atoms with Gasteiger partial charge in [-0.2, -0.15) is 0 Å². The zero-order valence-electron chi connectivity index (χ0n) is 8.26. The summed E-state index contributed by atoms with van der Waals surface area (Å²) in [5.41, 5.74) is 1.02. The zero-order valence-corrected chi connectivity index (χ0v) is 9.02. The Morgan fingerprint density at radius 3 is 2.62 bits per heavy atom. The molecule has 13 heavy (non-hydrogen) atoms. The summed E-state index contributed by atoms with van der Waals surface area (Å²) in [4.78, 5) is 11.2. The third-order valence-electron chi connectivity index (χ3n) is 2.34. The van der Waals surface area contributed by atoms with E-state index in [-0.39, 0.29) is 18.0 Å². The molecule has 1 aliphatic heterocycles. The van der Waals surface area contributed by atoms with Crippen LogP contribution in [0.5, 0.6) is 0 Å². The molecule has 1 aliphatic rings. The maximum atomic E-state index is 11.2. The van der Waals surface area contributed by atoms with Crippen LogP contribution in [0.25, 0.3) is 0 Å². The van der Waals surface area contributed by atoms with Crippen molar-refractivity contribution in [3.63, 3.8) is 0 Å². The Morgan fingerprint density at radius 2 is 2.23 bits per heavy atom. The maximum absolute atomic E-state index is 11.2. The normalized spacial score (nSPS) is 27.2. The number of allylic oxidation sites excluding steroid dienone is 1. The van der Waals surface area contributed by atoms with Gasteiger partial charge in [-0.25, -0.2) is 0 Å². The van der Waals surface area contributed by atoms with Crippen molar-refractivity contribution in [2.24, 2.45) is 5.92 Å². The van der Waals surface area contributed by atoms with Crippen LogP contribution in [0.4, 0.5) is 0 Å². The summed E-state index contributed by atoms with van der Waals surface area (Å²) < 4.78 is 5.16. The highest BCUT2D eigenvalue weighted by molar-refractivity contribution is 6.30.